The first-order chi connectivity index (χ1) is 14.3. The van der Waals surface area contributed by atoms with Crippen molar-refractivity contribution in [2.75, 3.05) is 13.1 Å². The number of rotatable bonds is 6. The predicted octanol–water partition coefficient (Wildman–Crippen LogP) is 2.60. The van der Waals surface area contributed by atoms with Crippen molar-refractivity contribution in [2.24, 2.45) is 0 Å². The van der Waals surface area contributed by atoms with E-state index in [1.54, 1.807) is 4.90 Å². The van der Waals surface area contributed by atoms with Gasteiger partial charge in [-0.05, 0) is 36.6 Å². The lowest BCUT2D eigenvalue weighted by molar-refractivity contribution is -0.159. The first-order valence-corrected chi connectivity index (χ1v) is 9.63. The molecule has 0 spiro atoms. The molecule has 1 heterocycles. The van der Waals surface area contributed by atoms with Crippen LogP contribution >= 0.6 is 0 Å². The van der Waals surface area contributed by atoms with Gasteiger partial charge in [0.2, 0.25) is 0 Å². The average Bonchev–Trinajstić information content (AvgIpc) is 2.72. The van der Waals surface area contributed by atoms with Crippen LogP contribution in [0.25, 0.3) is 0 Å². The zero-order valence-electron chi connectivity index (χ0n) is 16.5. The molecular weight excluding hydrogens is 394 g/mol. The normalized spacial score (nSPS) is 13.9. The number of amides is 2. The Bertz CT molecular complexity index is 964. The summed E-state index contributed by atoms with van der Waals surface area (Å²) in [4.78, 5) is 38.1. The third kappa shape index (κ3) is 5.20. The molecule has 30 heavy (non-hydrogen) atoms. The molecule has 1 aliphatic rings. The Labute approximate surface area is 172 Å². The van der Waals surface area contributed by atoms with Crippen molar-refractivity contribution < 1.29 is 27.9 Å². The second-order valence-corrected chi connectivity index (χ2v) is 7.04. The smallest absolute Gasteiger partial charge is 0.308 e. The zero-order chi connectivity index (χ0) is 21.7. The van der Waals surface area contributed by atoms with Crippen LogP contribution in [-0.2, 0) is 27.3 Å². The summed E-state index contributed by atoms with van der Waals surface area (Å²) in [5.74, 6) is -3.49. The molecule has 2 aromatic rings. The van der Waals surface area contributed by atoms with Gasteiger partial charge in [-0.3, -0.25) is 14.4 Å². The molecule has 1 N–H and O–H groups in total. The number of esters is 1. The van der Waals surface area contributed by atoms with Crippen LogP contribution in [0, 0.1) is 11.6 Å². The van der Waals surface area contributed by atoms with Gasteiger partial charge in [-0.15, -0.1) is 0 Å². The molecule has 0 bridgehead atoms. The van der Waals surface area contributed by atoms with E-state index in [1.165, 1.54) is 12.5 Å². The fourth-order valence-electron chi connectivity index (χ4n) is 3.29. The second-order valence-electron chi connectivity index (χ2n) is 7.04. The van der Waals surface area contributed by atoms with Crippen LogP contribution in [-0.4, -0.2) is 41.9 Å². The number of hydrogen-bond acceptors (Lipinski definition) is 4. The maximum Gasteiger partial charge on any atom is 0.308 e. The van der Waals surface area contributed by atoms with Crippen molar-refractivity contribution in [3.8, 4) is 0 Å². The van der Waals surface area contributed by atoms with E-state index in [9.17, 15) is 23.2 Å². The summed E-state index contributed by atoms with van der Waals surface area (Å²) in [7, 11) is 0. The highest BCUT2D eigenvalue weighted by atomic mass is 19.1. The fourth-order valence-corrected chi connectivity index (χ4v) is 3.29. The minimum absolute atomic E-state index is 0.105. The lowest BCUT2D eigenvalue weighted by Crippen LogP contribution is -2.42. The maximum atomic E-state index is 13.6. The van der Waals surface area contributed by atoms with Gasteiger partial charge in [0.15, 0.2) is 6.10 Å². The van der Waals surface area contributed by atoms with E-state index in [2.05, 4.69) is 5.32 Å². The molecule has 2 amide bonds. The van der Waals surface area contributed by atoms with Gasteiger partial charge in [-0.25, -0.2) is 8.78 Å². The molecule has 0 saturated heterocycles. The molecule has 6 nitrogen and oxygen atoms in total. The highest BCUT2D eigenvalue weighted by molar-refractivity contribution is 5.94. The van der Waals surface area contributed by atoms with Crippen LogP contribution in [0.15, 0.2) is 42.5 Å². The number of halogens is 2. The molecule has 3 rings (SSSR count). The third-order valence-corrected chi connectivity index (χ3v) is 4.89. The summed E-state index contributed by atoms with van der Waals surface area (Å²) in [6, 6.07) is 10.5. The summed E-state index contributed by atoms with van der Waals surface area (Å²) < 4.78 is 31.7. The minimum atomic E-state index is -0.989. The van der Waals surface area contributed by atoms with Crippen LogP contribution in [0.3, 0.4) is 0 Å². The number of nitrogens with one attached hydrogen (secondary N) is 1. The van der Waals surface area contributed by atoms with Gasteiger partial charge in [0.1, 0.15) is 11.6 Å². The van der Waals surface area contributed by atoms with E-state index >= 15 is 0 Å². The number of nitrogens with zero attached hydrogens (tertiary/aromatic N) is 1. The molecular formula is C22H22F2N2O4. The Morgan fingerprint density at radius 2 is 1.87 bits per heavy atom. The Morgan fingerprint density at radius 1 is 1.13 bits per heavy atom. The lowest BCUT2D eigenvalue weighted by atomic mass is 9.99. The van der Waals surface area contributed by atoms with Gasteiger partial charge in [0, 0.05) is 25.7 Å². The van der Waals surface area contributed by atoms with E-state index in [4.69, 9.17) is 4.74 Å². The van der Waals surface area contributed by atoms with Crippen LogP contribution in [0.1, 0.15) is 34.8 Å². The van der Waals surface area contributed by atoms with Crippen molar-refractivity contribution in [2.45, 2.75) is 32.4 Å². The van der Waals surface area contributed by atoms with Crippen LogP contribution in [0.4, 0.5) is 8.78 Å². The van der Waals surface area contributed by atoms with Gasteiger partial charge >= 0.3 is 5.97 Å². The molecule has 0 aliphatic carbocycles. The first kappa shape index (κ1) is 21.4. The van der Waals surface area contributed by atoms with Crippen LogP contribution in [0.5, 0.6) is 0 Å². The van der Waals surface area contributed by atoms with E-state index in [0.717, 1.165) is 24.1 Å². The molecule has 1 unspecified atom stereocenters. The molecule has 1 atom stereocenters. The lowest BCUT2D eigenvalue weighted by Gasteiger charge is -2.30. The number of benzene rings is 2. The SMILES string of the molecule is CC(OC(=O)CCNC(=O)c1ccc(F)cc1F)C(=O)N1CCc2ccccc2C1. The van der Waals surface area contributed by atoms with Crippen molar-refractivity contribution in [3.63, 3.8) is 0 Å². The Kier molecular flexibility index (Phi) is 6.76. The van der Waals surface area contributed by atoms with Crippen LogP contribution in [0.2, 0.25) is 0 Å². The van der Waals surface area contributed by atoms with Gasteiger partial charge < -0.3 is 15.0 Å². The number of hydrogen-bond donors (Lipinski definition) is 1. The average molecular weight is 416 g/mol. The second kappa shape index (κ2) is 9.47. The highest BCUT2D eigenvalue weighted by Crippen LogP contribution is 2.19. The molecule has 0 aromatic heterocycles. The highest BCUT2D eigenvalue weighted by Gasteiger charge is 2.26. The third-order valence-electron chi connectivity index (χ3n) is 4.89. The number of carbonyl (C=O) groups excluding carboxylic acids is 3. The Hall–Kier alpha value is -3.29. The van der Waals surface area contributed by atoms with E-state index in [0.29, 0.717) is 19.2 Å². The molecule has 0 radical (unpaired) electrons. The molecule has 158 valence electrons. The summed E-state index contributed by atoms with van der Waals surface area (Å²) in [6.07, 6.45) is -0.392. The van der Waals surface area contributed by atoms with Crippen molar-refractivity contribution in [3.05, 3.63) is 70.8 Å². The Morgan fingerprint density at radius 3 is 2.60 bits per heavy atom. The standard InChI is InChI=1S/C22H22F2N2O4/c1-14(22(29)26-11-9-15-4-2-3-5-16(15)13-26)30-20(27)8-10-25-21(28)18-7-6-17(23)12-19(18)24/h2-7,12,14H,8-11,13H2,1H3,(H,25,28). The van der Waals surface area contributed by atoms with Crippen molar-refractivity contribution >= 4 is 17.8 Å². The number of fused-ring (bicyclic) bond motifs is 1. The summed E-state index contributed by atoms with van der Waals surface area (Å²) in [5, 5.41) is 2.37. The van der Waals surface area contributed by atoms with Crippen molar-refractivity contribution in [1.29, 1.82) is 0 Å². The molecule has 0 fully saturated rings. The zero-order valence-corrected chi connectivity index (χ0v) is 16.5. The van der Waals surface area contributed by atoms with E-state index in [-0.39, 0.29) is 24.4 Å². The fraction of sp³-hybridized carbons (Fsp3) is 0.318. The largest absolute Gasteiger partial charge is 0.452 e. The summed E-state index contributed by atoms with van der Waals surface area (Å²) >= 11 is 0. The Balaban J connectivity index is 1.44. The predicted molar refractivity (Wildman–Crippen MR) is 104 cm³/mol. The topological polar surface area (TPSA) is 75.7 Å². The monoisotopic (exact) mass is 416 g/mol. The van der Waals surface area contributed by atoms with Crippen molar-refractivity contribution in [1.82, 2.24) is 10.2 Å². The molecule has 2 aromatic carbocycles. The van der Waals surface area contributed by atoms with E-state index in [1.807, 2.05) is 24.3 Å². The van der Waals surface area contributed by atoms with Gasteiger partial charge in [-0.1, -0.05) is 24.3 Å². The van der Waals surface area contributed by atoms with Crippen LogP contribution < -0.4 is 5.32 Å². The molecule has 1 aliphatic heterocycles. The molecule has 8 heteroatoms. The first-order valence-electron chi connectivity index (χ1n) is 9.63. The number of ether oxygens (including phenoxy) is 1. The number of carbonyl (C=O) groups is 3. The minimum Gasteiger partial charge on any atom is -0.452 e. The summed E-state index contributed by atoms with van der Waals surface area (Å²) in [5.41, 5.74) is 1.96. The summed E-state index contributed by atoms with van der Waals surface area (Å²) in [6.45, 7) is 2.42. The quantitative estimate of drug-likeness (QED) is 0.735. The van der Waals surface area contributed by atoms with Gasteiger partial charge in [0.25, 0.3) is 11.8 Å². The molecule has 0 saturated carbocycles. The maximum absolute atomic E-state index is 13.6. The van der Waals surface area contributed by atoms with Gasteiger partial charge in [0.05, 0.1) is 12.0 Å². The van der Waals surface area contributed by atoms with Gasteiger partial charge in [-0.2, -0.15) is 0 Å². The van der Waals surface area contributed by atoms with E-state index < -0.39 is 29.6 Å².